The summed E-state index contributed by atoms with van der Waals surface area (Å²) in [5.74, 6) is 0. The summed E-state index contributed by atoms with van der Waals surface area (Å²) in [6.45, 7) is 0.761. The standard InChI is InChI=1S/C6H9N.CH2Cl.In/c1-3-6(2)4-5-7;1-2;/h1-3H,4-5,7H2;1H2;. The van der Waals surface area contributed by atoms with Crippen LogP contribution in [-0.2, 0) is 0 Å². The molecular formula is C7H11ClInN. The molecule has 0 saturated heterocycles. The molecule has 1 rings (SSSR count). The summed E-state index contributed by atoms with van der Waals surface area (Å²) in [6, 6.07) is 0. The Balaban J connectivity index is 2.42. The first-order chi connectivity index (χ1) is 4.86. The summed E-state index contributed by atoms with van der Waals surface area (Å²) in [6.07, 6.45) is 3.23. The Morgan fingerprint density at radius 3 is 2.90 bits per heavy atom. The van der Waals surface area contributed by atoms with Crippen LogP contribution in [0.4, 0.5) is 0 Å². The molecule has 1 aliphatic heterocycles. The van der Waals surface area contributed by atoms with E-state index in [0.29, 0.717) is 0 Å². The predicted molar refractivity (Wildman–Crippen MR) is 47.4 cm³/mol. The fourth-order valence-corrected chi connectivity index (χ4v) is 6.99. The molecule has 0 spiro atoms. The van der Waals surface area contributed by atoms with Crippen LogP contribution in [0.25, 0.3) is 0 Å². The van der Waals surface area contributed by atoms with Crippen molar-refractivity contribution in [1.82, 2.24) is 0 Å². The molecule has 3 heteroatoms. The third kappa shape index (κ3) is 2.33. The average molecular weight is 259 g/mol. The van der Waals surface area contributed by atoms with Gasteiger partial charge < -0.3 is 0 Å². The van der Waals surface area contributed by atoms with Crippen LogP contribution in [0, 0.1) is 0 Å². The molecule has 0 aromatic heterocycles. The molecule has 1 nitrogen and oxygen atoms in total. The molecule has 0 atom stereocenters. The molecule has 0 amide bonds. The van der Waals surface area contributed by atoms with Crippen LogP contribution < -0.4 is 5.73 Å². The molecule has 1 heterocycles. The second-order valence-electron chi connectivity index (χ2n) is 2.46. The van der Waals surface area contributed by atoms with Crippen LogP contribution >= 0.6 is 11.6 Å². The first kappa shape index (κ1) is 8.69. The topological polar surface area (TPSA) is 26.0 Å². The first-order valence-electron chi connectivity index (χ1n) is 3.51. The van der Waals surface area contributed by atoms with Crippen LogP contribution in [0.5, 0.6) is 0 Å². The number of allylic oxidation sites excluding steroid dienone is 1. The minimum atomic E-state index is -1.41. The molecule has 0 saturated carbocycles. The van der Waals surface area contributed by atoms with E-state index < -0.39 is 21.4 Å². The van der Waals surface area contributed by atoms with E-state index in [2.05, 4.69) is 13.7 Å². The SMILES string of the molecule is NCCC1=[CH][In]([CH2]Cl)[CH]=C1. The molecule has 1 aliphatic rings. The van der Waals surface area contributed by atoms with Crippen molar-refractivity contribution in [2.45, 2.75) is 6.42 Å². The van der Waals surface area contributed by atoms with Gasteiger partial charge in [0.15, 0.2) is 0 Å². The van der Waals surface area contributed by atoms with Gasteiger partial charge in [-0.2, -0.15) is 0 Å². The number of hydrogen-bond donors (Lipinski definition) is 1. The van der Waals surface area contributed by atoms with Crippen molar-refractivity contribution in [2.75, 3.05) is 10.2 Å². The van der Waals surface area contributed by atoms with Crippen molar-refractivity contribution in [1.29, 1.82) is 0 Å². The quantitative estimate of drug-likeness (QED) is 0.757. The monoisotopic (exact) mass is 259 g/mol. The van der Waals surface area contributed by atoms with Crippen LogP contribution in [0.1, 0.15) is 6.42 Å². The van der Waals surface area contributed by atoms with Gasteiger partial charge >= 0.3 is 74.7 Å². The van der Waals surface area contributed by atoms with Crippen LogP contribution in [0.15, 0.2) is 19.3 Å². The summed E-state index contributed by atoms with van der Waals surface area (Å²) in [5.41, 5.74) is 6.83. The van der Waals surface area contributed by atoms with Gasteiger partial charge in [-0.15, -0.1) is 0 Å². The molecule has 0 aliphatic carbocycles. The molecule has 2 N–H and O–H groups in total. The Kier molecular flexibility index (Phi) is 3.89. The molecule has 0 radical (unpaired) electrons. The van der Waals surface area contributed by atoms with Crippen LogP contribution in [-0.4, -0.2) is 31.6 Å². The zero-order chi connectivity index (χ0) is 7.40. The zero-order valence-electron chi connectivity index (χ0n) is 5.89. The Morgan fingerprint density at radius 1 is 1.60 bits per heavy atom. The second kappa shape index (κ2) is 4.47. The second-order valence-corrected chi connectivity index (χ2v) is 11.2. The maximum atomic E-state index is 5.74. The predicted octanol–water partition coefficient (Wildman–Crippen LogP) is 1.18. The third-order valence-corrected chi connectivity index (χ3v) is 9.41. The Hall–Kier alpha value is 0.600. The van der Waals surface area contributed by atoms with Gasteiger partial charge in [0.25, 0.3) is 0 Å². The summed E-state index contributed by atoms with van der Waals surface area (Å²) in [4.78, 5) is 0. The average Bonchev–Trinajstić information content (AvgIpc) is 2.37. The van der Waals surface area contributed by atoms with Gasteiger partial charge in [0, 0.05) is 0 Å². The number of hydrogen-bond acceptors (Lipinski definition) is 1. The Morgan fingerprint density at radius 2 is 2.40 bits per heavy atom. The van der Waals surface area contributed by atoms with E-state index in [1.807, 2.05) is 0 Å². The van der Waals surface area contributed by atoms with E-state index in [1.54, 1.807) is 0 Å². The Bertz CT molecular complexity index is 165. The molecule has 0 aromatic rings. The van der Waals surface area contributed by atoms with Gasteiger partial charge in [-0.3, -0.25) is 0 Å². The van der Waals surface area contributed by atoms with E-state index >= 15 is 0 Å². The van der Waals surface area contributed by atoms with Crippen molar-refractivity contribution in [3.8, 4) is 0 Å². The van der Waals surface area contributed by atoms with Crippen molar-refractivity contribution in [3.05, 3.63) is 19.3 Å². The number of nitrogens with two attached hydrogens (primary N) is 1. The summed E-state index contributed by atoms with van der Waals surface area (Å²) >= 11 is 4.33. The van der Waals surface area contributed by atoms with E-state index in [0.717, 1.165) is 16.6 Å². The summed E-state index contributed by atoms with van der Waals surface area (Å²) < 4.78 is 5.62. The molecule has 0 fully saturated rings. The molecule has 0 bridgehead atoms. The van der Waals surface area contributed by atoms with E-state index in [1.165, 1.54) is 5.57 Å². The molecule has 54 valence electrons. The fraction of sp³-hybridized carbons (Fsp3) is 0.429. The van der Waals surface area contributed by atoms with Crippen LogP contribution in [0.3, 0.4) is 0 Å². The molecule has 0 aromatic carbocycles. The normalized spacial score (nSPS) is 16.2. The van der Waals surface area contributed by atoms with E-state index in [4.69, 9.17) is 17.3 Å². The van der Waals surface area contributed by atoms with Crippen molar-refractivity contribution >= 4 is 33.0 Å². The Labute approximate surface area is 74.5 Å². The first-order valence-corrected chi connectivity index (χ1v) is 10.2. The van der Waals surface area contributed by atoms with Gasteiger partial charge in [0.05, 0.1) is 0 Å². The van der Waals surface area contributed by atoms with Crippen molar-refractivity contribution in [3.63, 3.8) is 0 Å². The minimum absolute atomic E-state index is 0.761. The number of alkyl halides is 1. The third-order valence-electron chi connectivity index (χ3n) is 1.60. The molecule has 0 unspecified atom stereocenters. The van der Waals surface area contributed by atoms with E-state index in [-0.39, 0.29) is 0 Å². The van der Waals surface area contributed by atoms with Crippen molar-refractivity contribution in [2.24, 2.45) is 5.73 Å². The van der Waals surface area contributed by atoms with Gasteiger partial charge in [-0.05, 0) is 0 Å². The summed E-state index contributed by atoms with van der Waals surface area (Å²) in [5, 5.41) is 0. The van der Waals surface area contributed by atoms with Gasteiger partial charge in [0.1, 0.15) is 0 Å². The fourth-order valence-electron chi connectivity index (χ4n) is 1.06. The number of rotatable bonds is 3. The molecule has 10 heavy (non-hydrogen) atoms. The van der Waals surface area contributed by atoms with Gasteiger partial charge in [-0.1, -0.05) is 0 Å². The number of halogens is 1. The van der Waals surface area contributed by atoms with Crippen molar-refractivity contribution < 1.29 is 0 Å². The molecular weight excluding hydrogens is 248 g/mol. The zero-order valence-corrected chi connectivity index (χ0v) is 9.94. The summed E-state index contributed by atoms with van der Waals surface area (Å²) in [7, 11) is 0. The maximum absolute atomic E-state index is 5.74. The van der Waals surface area contributed by atoms with Crippen LogP contribution in [0.2, 0.25) is 0 Å². The van der Waals surface area contributed by atoms with Gasteiger partial charge in [0.2, 0.25) is 0 Å². The van der Waals surface area contributed by atoms with E-state index in [9.17, 15) is 0 Å². The van der Waals surface area contributed by atoms with Gasteiger partial charge in [-0.25, -0.2) is 0 Å².